The molecule has 1 aromatic carbocycles. The number of piperidine rings is 1. The van der Waals surface area contributed by atoms with Crippen LogP contribution in [0.2, 0.25) is 5.02 Å². The largest absolute Gasteiger partial charge is 0.343 e. The van der Waals surface area contributed by atoms with Crippen molar-refractivity contribution in [2.75, 3.05) is 32.4 Å². The van der Waals surface area contributed by atoms with Crippen LogP contribution in [0.25, 0.3) is 0 Å². The third-order valence-corrected chi connectivity index (χ3v) is 5.70. The Morgan fingerprint density at radius 3 is 2.70 bits per heavy atom. The molecule has 0 bridgehead atoms. The van der Waals surface area contributed by atoms with Crippen LogP contribution in [-0.4, -0.2) is 43.2 Å². The molecule has 2 rings (SSSR count). The van der Waals surface area contributed by atoms with Crippen LogP contribution in [0.3, 0.4) is 0 Å². The van der Waals surface area contributed by atoms with E-state index >= 15 is 0 Å². The predicted molar refractivity (Wildman–Crippen MR) is 102 cm³/mol. The first kappa shape index (κ1) is 20.6. The van der Waals surface area contributed by atoms with Crippen molar-refractivity contribution < 1.29 is 4.79 Å². The number of hydrogen-bond acceptors (Lipinski definition) is 3. The number of hydrogen-bond donors (Lipinski definition) is 1. The molecule has 6 heteroatoms. The molecule has 0 radical (unpaired) electrons. The van der Waals surface area contributed by atoms with Crippen LogP contribution in [0, 0.1) is 5.92 Å². The van der Waals surface area contributed by atoms with Gasteiger partial charge in [-0.3, -0.25) is 4.79 Å². The highest BCUT2D eigenvalue weighted by molar-refractivity contribution is 7.99. The SMILES string of the molecule is CNCCC1CCN(C(=O)CCSc2ccccc2Cl)CC1.Cl. The first-order valence-corrected chi connectivity index (χ1v) is 9.36. The van der Waals surface area contributed by atoms with Gasteiger partial charge in [-0.05, 0) is 50.9 Å². The zero-order valence-electron chi connectivity index (χ0n) is 13.6. The van der Waals surface area contributed by atoms with E-state index in [4.69, 9.17) is 11.6 Å². The lowest BCUT2D eigenvalue weighted by Gasteiger charge is -2.32. The van der Waals surface area contributed by atoms with Crippen molar-refractivity contribution in [2.45, 2.75) is 30.6 Å². The van der Waals surface area contributed by atoms with E-state index < -0.39 is 0 Å². The van der Waals surface area contributed by atoms with Crippen molar-refractivity contribution in [2.24, 2.45) is 5.92 Å². The molecular weight excluding hydrogens is 351 g/mol. The molecule has 0 aromatic heterocycles. The second kappa shape index (κ2) is 11.2. The van der Waals surface area contributed by atoms with Crippen LogP contribution in [0.4, 0.5) is 0 Å². The number of carbonyl (C=O) groups is 1. The maximum atomic E-state index is 12.3. The molecule has 1 fully saturated rings. The second-order valence-corrected chi connectivity index (χ2v) is 7.29. The summed E-state index contributed by atoms with van der Waals surface area (Å²) in [7, 11) is 2.00. The summed E-state index contributed by atoms with van der Waals surface area (Å²) in [6.07, 6.45) is 4.11. The minimum atomic E-state index is 0. The van der Waals surface area contributed by atoms with Gasteiger partial charge in [0.05, 0.1) is 5.02 Å². The Morgan fingerprint density at radius 2 is 2.04 bits per heavy atom. The van der Waals surface area contributed by atoms with Gasteiger partial charge < -0.3 is 10.2 Å². The van der Waals surface area contributed by atoms with Crippen LogP contribution in [0.1, 0.15) is 25.7 Å². The lowest BCUT2D eigenvalue weighted by Crippen LogP contribution is -2.39. The standard InChI is InChI=1S/C17H25ClN2OS.ClH/c1-19-10-6-14-7-11-20(12-8-14)17(21)9-13-22-16-5-3-2-4-15(16)18;/h2-5,14,19H,6-13H2,1H3;1H. The van der Waals surface area contributed by atoms with Gasteiger partial charge in [0.25, 0.3) is 0 Å². The summed E-state index contributed by atoms with van der Waals surface area (Å²) in [5.74, 6) is 1.85. The normalized spacial score (nSPS) is 15.3. The van der Waals surface area contributed by atoms with E-state index in [2.05, 4.69) is 5.32 Å². The summed E-state index contributed by atoms with van der Waals surface area (Å²) in [4.78, 5) is 15.4. The fraction of sp³-hybridized carbons (Fsp3) is 0.588. The molecule has 1 heterocycles. The molecule has 23 heavy (non-hydrogen) atoms. The summed E-state index contributed by atoms with van der Waals surface area (Å²) in [5.41, 5.74) is 0. The number of nitrogens with one attached hydrogen (secondary N) is 1. The Balaban J connectivity index is 0.00000264. The lowest BCUT2D eigenvalue weighted by atomic mass is 9.93. The number of nitrogens with zero attached hydrogens (tertiary/aromatic N) is 1. The number of amides is 1. The molecule has 1 aliphatic heterocycles. The summed E-state index contributed by atoms with van der Waals surface area (Å²) < 4.78 is 0. The van der Waals surface area contributed by atoms with Crippen LogP contribution >= 0.6 is 35.8 Å². The number of rotatable bonds is 7. The smallest absolute Gasteiger partial charge is 0.223 e. The van der Waals surface area contributed by atoms with Crippen LogP contribution in [-0.2, 0) is 4.79 Å². The average molecular weight is 377 g/mol. The first-order valence-electron chi connectivity index (χ1n) is 8.00. The Hall–Kier alpha value is -0.420. The molecule has 0 unspecified atom stereocenters. The van der Waals surface area contributed by atoms with Crippen molar-refractivity contribution in [3.8, 4) is 0 Å². The number of benzene rings is 1. The number of carbonyl (C=O) groups excluding carboxylic acids is 1. The van der Waals surface area contributed by atoms with Gasteiger partial charge in [-0.15, -0.1) is 24.2 Å². The van der Waals surface area contributed by atoms with Crippen molar-refractivity contribution in [1.82, 2.24) is 10.2 Å². The van der Waals surface area contributed by atoms with Crippen LogP contribution in [0.5, 0.6) is 0 Å². The third-order valence-electron chi connectivity index (χ3n) is 4.18. The highest BCUT2D eigenvalue weighted by Gasteiger charge is 2.22. The van der Waals surface area contributed by atoms with Crippen molar-refractivity contribution in [1.29, 1.82) is 0 Å². The van der Waals surface area contributed by atoms with E-state index in [9.17, 15) is 4.79 Å². The molecular formula is C17H26Cl2N2OS. The van der Waals surface area contributed by atoms with Gasteiger partial charge in [-0.1, -0.05) is 23.7 Å². The maximum absolute atomic E-state index is 12.3. The molecule has 0 atom stereocenters. The molecule has 3 nitrogen and oxygen atoms in total. The van der Waals surface area contributed by atoms with Crippen molar-refractivity contribution in [3.63, 3.8) is 0 Å². The van der Waals surface area contributed by atoms with E-state index in [0.717, 1.165) is 54.1 Å². The molecule has 130 valence electrons. The third kappa shape index (κ3) is 6.92. The van der Waals surface area contributed by atoms with Crippen LogP contribution < -0.4 is 5.32 Å². The number of thioether (sulfide) groups is 1. The molecule has 0 aliphatic carbocycles. The van der Waals surface area contributed by atoms with Gasteiger partial charge in [-0.25, -0.2) is 0 Å². The van der Waals surface area contributed by atoms with E-state index in [1.807, 2.05) is 36.2 Å². The topological polar surface area (TPSA) is 32.3 Å². The molecule has 1 amide bonds. The van der Waals surface area contributed by atoms with E-state index in [1.165, 1.54) is 6.42 Å². The molecule has 0 spiro atoms. The minimum Gasteiger partial charge on any atom is -0.343 e. The van der Waals surface area contributed by atoms with Crippen LogP contribution in [0.15, 0.2) is 29.2 Å². The van der Waals surface area contributed by atoms with Gasteiger partial charge in [-0.2, -0.15) is 0 Å². The quantitative estimate of drug-likeness (QED) is 0.727. The maximum Gasteiger partial charge on any atom is 0.223 e. The first-order chi connectivity index (χ1) is 10.7. The van der Waals surface area contributed by atoms with Crippen molar-refractivity contribution in [3.05, 3.63) is 29.3 Å². The molecule has 1 N–H and O–H groups in total. The number of halogens is 2. The molecule has 1 saturated heterocycles. The second-order valence-electron chi connectivity index (χ2n) is 5.75. The highest BCUT2D eigenvalue weighted by Crippen LogP contribution is 2.27. The number of likely N-dealkylation sites (tertiary alicyclic amines) is 1. The predicted octanol–water partition coefficient (Wildman–Crippen LogP) is 4.09. The van der Waals surface area contributed by atoms with E-state index in [0.29, 0.717) is 6.42 Å². The minimum absolute atomic E-state index is 0. The fourth-order valence-electron chi connectivity index (χ4n) is 2.79. The van der Waals surface area contributed by atoms with Crippen molar-refractivity contribution >= 4 is 41.7 Å². The van der Waals surface area contributed by atoms with Gasteiger partial charge in [0, 0.05) is 30.2 Å². The van der Waals surface area contributed by atoms with Gasteiger partial charge in [0.1, 0.15) is 0 Å². The molecule has 0 saturated carbocycles. The monoisotopic (exact) mass is 376 g/mol. The highest BCUT2D eigenvalue weighted by atomic mass is 35.5. The zero-order chi connectivity index (χ0) is 15.8. The zero-order valence-corrected chi connectivity index (χ0v) is 16.0. The van der Waals surface area contributed by atoms with E-state index in [-0.39, 0.29) is 18.3 Å². The Kier molecular flexibility index (Phi) is 10.0. The summed E-state index contributed by atoms with van der Waals surface area (Å²) in [6, 6.07) is 7.80. The molecule has 1 aromatic rings. The summed E-state index contributed by atoms with van der Waals surface area (Å²) in [6.45, 7) is 2.92. The fourth-order valence-corrected chi connectivity index (χ4v) is 3.96. The lowest BCUT2D eigenvalue weighted by molar-refractivity contribution is -0.132. The Bertz CT molecular complexity index is 479. The molecule has 1 aliphatic rings. The Labute approximate surface area is 154 Å². The summed E-state index contributed by atoms with van der Waals surface area (Å²) >= 11 is 7.79. The van der Waals surface area contributed by atoms with Gasteiger partial charge in [0.2, 0.25) is 5.91 Å². The average Bonchev–Trinajstić information content (AvgIpc) is 2.55. The van der Waals surface area contributed by atoms with Gasteiger partial charge >= 0.3 is 0 Å². The van der Waals surface area contributed by atoms with E-state index in [1.54, 1.807) is 11.8 Å². The van der Waals surface area contributed by atoms with Gasteiger partial charge in [0.15, 0.2) is 0 Å². The Morgan fingerprint density at radius 1 is 1.35 bits per heavy atom. The summed E-state index contributed by atoms with van der Waals surface area (Å²) in [5, 5.41) is 3.97.